The predicted octanol–water partition coefficient (Wildman–Crippen LogP) is 3.45. The average molecular weight is 407 g/mol. The molecule has 1 amide bonds. The molecule has 2 heterocycles. The van der Waals surface area contributed by atoms with Crippen LogP contribution in [0.2, 0.25) is 0 Å². The van der Waals surface area contributed by atoms with Gasteiger partial charge in [-0.1, -0.05) is 32.0 Å². The first kappa shape index (κ1) is 22.2. The highest BCUT2D eigenvalue weighted by Gasteiger charge is 2.20. The predicted molar refractivity (Wildman–Crippen MR) is 114 cm³/mol. The van der Waals surface area contributed by atoms with Gasteiger partial charge in [0.2, 0.25) is 0 Å². The summed E-state index contributed by atoms with van der Waals surface area (Å²) in [5.41, 5.74) is 1.25. The fourth-order valence-electron chi connectivity index (χ4n) is 3.23. The number of piperidine rings is 1. The lowest BCUT2D eigenvalue weighted by atomic mass is 9.96. The third-order valence-corrected chi connectivity index (χ3v) is 4.73. The smallest absolute Gasteiger partial charge is 0.275 e. The number of halogens is 1. The van der Waals surface area contributed by atoms with Crippen molar-refractivity contribution in [3.63, 3.8) is 0 Å². The molecule has 1 saturated heterocycles. The van der Waals surface area contributed by atoms with Crippen molar-refractivity contribution in [2.75, 3.05) is 26.2 Å². The largest absolute Gasteiger partial charge is 0.489 e. The molecule has 0 bridgehead atoms. The standard InChI is InChI=1S/C21H30N4O2.ClH/c1-16(2)15-27-19-14-25(18-8-4-3-5-9-18)24-20(19)21(26)23-12-10-17-7-6-11-22-13-17;/h3-5,8-9,14,16-17,22H,6-7,10-13,15H2,1-2H3,(H,23,26);1H. The molecular weight excluding hydrogens is 376 g/mol. The van der Waals surface area contributed by atoms with E-state index in [1.54, 1.807) is 10.9 Å². The van der Waals surface area contributed by atoms with Crippen molar-refractivity contribution in [1.29, 1.82) is 0 Å². The van der Waals surface area contributed by atoms with Gasteiger partial charge in [-0.05, 0) is 56.3 Å². The number of amides is 1. The van der Waals surface area contributed by atoms with Crippen molar-refractivity contribution in [3.05, 3.63) is 42.2 Å². The van der Waals surface area contributed by atoms with Crippen LogP contribution in [-0.2, 0) is 0 Å². The van der Waals surface area contributed by atoms with Crippen LogP contribution in [-0.4, -0.2) is 41.9 Å². The van der Waals surface area contributed by atoms with Crippen molar-refractivity contribution in [3.8, 4) is 11.4 Å². The zero-order valence-corrected chi connectivity index (χ0v) is 17.5. The van der Waals surface area contributed by atoms with E-state index in [1.807, 2.05) is 30.3 Å². The summed E-state index contributed by atoms with van der Waals surface area (Å²) in [5, 5.41) is 10.9. The molecule has 6 nitrogen and oxygen atoms in total. The van der Waals surface area contributed by atoms with Gasteiger partial charge >= 0.3 is 0 Å². The molecule has 2 aromatic rings. The summed E-state index contributed by atoms with van der Waals surface area (Å²) in [6.07, 6.45) is 5.22. The molecule has 1 fully saturated rings. The quantitative estimate of drug-likeness (QED) is 0.704. The Kier molecular flexibility index (Phi) is 8.80. The minimum absolute atomic E-state index is 0. The molecule has 0 saturated carbocycles. The first-order chi connectivity index (χ1) is 13.1. The first-order valence-electron chi connectivity index (χ1n) is 9.90. The molecule has 1 unspecified atom stereocenters. The number of rotatable bonds is 8. The fourth-order valence-corrected chi connectivity index (χ4v) is 3.23. The highest BCUT2D eigenvalue weighted by atomic mass is 35.5. The van der Waals surface area contributed by atoms with Gasteiger partial charge in [-0.25, -0.2) is 4.68 Å². The summed E-state index contributed by atoms with van der Waals surface area (Å²) in [6.45, 7) is 7.53. The van der Waals surface area contributed by atoms with Gasteiger partial charge in [0, 0.05) is 6.54 Å². The van der Waals surface area contributed by atoms with Crippen LogP contribution in [0, 0.1) is 11.8 Å². The van der Waals surface area contributed by atoms with Gasteiger partial charge < -0.3 is 15.4 Å². The second kappa shape index (κ2) is 11.1. The van der Waals surface area contributed by atoms with Gasteiger partial charge in [-0.2, -0.15) is 5.10 Å². The van der Waals surface area contributed by atoms with E-state index in [0.29, 0.717) is 36.4 Å². The van der Waals surface area contributed by atoms with Crippen LogP contribution in [0.5, 0.6) is 5.75 Å². The van der Waals surface area contributed by atoms with E-state index in [9.17, 15) is 4.79 Å². The van der Waals surface area contributed by atoms with Crippen LogP contribution < -0.4 is 15.4 Å². The number of para-hydroxylation sites is 1. The summed E-state index contributed by atoms with van der Waals surface area (Å²) in [6, 6.07) is 9.76. The van der Waals surface area contributed by atoms with Crippen LogP contribution in [0.15, 0.2) is 36.5 Å². The van der Waals surface area contributed by atoms with E-state index in [1.165, 1.54) is 12.8 Å². The average Bonchev–Trinajstić information content (AvgIpc) is 3.12. The molecule has 0 radical (unpaired) electrons. The molecular formula is C21H31ClN4O2. The molecule has 1 aromatic carbocycles. The molecule has 2 N–H and O–H groups in total. The molecule has 1 aliphatic rings. The Labute approximate surface area is 173 Å². The van der Waals surface area contributed by atoms with E-state index in [2.05, 4.69) is 29.6 Å². The number of hydrogen-bond donors (Lipinski definition) is 2. The Bertz CT molecular complexity index is 727. The lowest BCUT2D eigenvalue weighted by Gasteiger charge is -2.22. The van der Waals surface area contributed by atoms with Gasteiger partial charge in [-0.3, -0.25) is 4.79 Å². The van der Waals surface area contributed by atoms with Gasteiger partial charge in [-0.15, -0.1) is 12.4 Å². The summed E-state index contributed by atoms with van der Waals surface area (Å²) in [5.74, 6) is 1.37. The molecule has 28 heavy (non-hydrogen) atoms. The number of hydrogen-bond acceptors (Lipinski definition) is 4. The van der Waals surface area contributed by atoms with Crippen LogP contribution >= 0.6 is 12.4 Å². The van der Waals surface area contributed by atoms with Crippen molar-refractivity contribution in [2.45, 2.75) is 33.1 Å². The summed E-state index contributed by atoms with van der Waals surface area (Å²) >= 11 is 0. The zero-order chi connectivity index (χ0) is 19.1. The maximum Gasteiger partial charge on any atom is 0.275 e. The lowest BCUT2D eigenvalue weighted by Crippen LogP contribution is -2.33. The molecule has 0 aliphatic carbocycles. The van der Waals surface area contributed by atoms with Crippen LogP contribution in [0.25, 0.3) is 5.69 Å². The number of benzene rings is 1. The van der Waals surface area contributed by atoms with Crippen LogP contribution in [0.1, 0.15) is 43.6 Å². The Balaban J connectivity index is 0.00000280. The highest BCUT2D eigenvalue weighted by Crippen LogP contribution is 2.21. The molecule has 1 aromatic heterocycles. The van der Waals surface area contributed by atoms with Crippen molar-refractivity contribution < 1.29 is 9.53 Å². The fraction of sp³-hybridized carbons (Fsp3) is 0.524. The summed E-state index contributed by atoms with van der Waals surface area (Å²) in [4.78, 5) is 12.7. The zero-order valence-electron chi connectivity index (χ0n) is 16.7. The molecule has 1 aliphatic heterocycles. The summed E-state index contributed by atoms with van der Waals surface area (Å²) in [7, 11) is 0. The lowest BCUT2D eigenvalue weighted by molar-refractivity contribution is 0.0940. The highest BCUT2D eigenvalue weighted by molar-refractivity contribution is 5.94. The number of nitrogens with zero attached hydrogens (tertiary/aromatic N) is 2. The van der Waals surface area contributed by atoms with Gasteiger partial charge in [0.05, 0.1) is 18.5 Å². The van der Waals surface area contributed by atoms with Crippen LogP contribution in [0.4, 0.5) is 0 Å². The minimum atomic E-state index is -0.174. The number of ether oxygens (including phenoxy) is 1. The van der Waals surface area contributed by atoms with Crippen LogP contribution in [0.3, 0.4) is 0 Å². The Morgan fingerprint density at radius 2 is 2.14 bits per heavy atom. The number of aromatic nitrogens is 2. The minimum Gasteiger partial charge on any atom is -0.489 e. The van der Waals surface area contributed by atoms with E-state index in [4.69, 9.17) is 4.74 Å². The number of carbonyl (C=O) groups excluding carboxylic acids is 1. The van der Waals surface area contributed by atoms with Crippen molar-refractivity contribution in [1.82, 2.24) is 20.4 Å². The maximum atomic E-state index is 12.7. The SMILES string of the molecule is CC(C)COc1cn(-c2ccccc2)nc1C(=O)NCCC1CCCNC1.Cl. The maximum absolute atomic E-state index is 12.7. The van der Waals surface area contributed by atoms with E-state index < -0.39 is 0 Å². The Hall–Kier alpha value is -2.05. The third-order valence-electron chi connectivity index (χ3n) is 4.73. The molecule has 154 valence electrons. The number of nitrogens with one attached hydrogen (secondary N) is 2. The second-order valence-electron chi connectivity index (χ2n) is 7.58. The third kappa shape index (κ3) is 6.24. The van der Waals surface area contributed by atoms with E-state index >= 15 is 0 Å². The summed E-state index contributed by atoms with van der Waals surface area (Å²) < 4.78 is 7.57. The Morgan fingerprint density at radius 3 is 2.82 bits per heavy atom. The van der Waals surface area contributed by atoms with Crippen molar-refractivity contribution in [2.24, 2.45) is 11.8 Å². The van der Waals surface area contributed by atoms with E-state index in [-0.39, 0.29) is 18.3 Å². The van der Waals surface area contributed by atoms with E-state index in [0.717, 1.165) is 25.2 Å². The Morgan fingerprint density at radius 1 is 1.36 bits per heavy atom. The number of carbonyl (C=O) groups is 1. The van der Waals surface area contributed by atoms with Gasteiger partial charge in [0.1, 0.15) is 0 Å². The molecule has 7 heteroatoms. The van der Waals surface area contributed by atoms with Gasteiger partial charge in [0.15, 0.2) is 11.4 Å². The van der Waals surface area contributed by atoms with Crippen molar-refractivity contribution >= 4 is 18.3 Å². The normalized spacial score (nSPS) is 16.5. The topological polar surface area (TPSA) is 68.2 Å². The monoisotopic (exact) mass is 406 g/mol. The molecule has 0 spiro atoms. The molecule has 1 atom stereocenters. The first-order valence-corrected chi connectivity index (χ1v) is 9.90. The molecule has 3 rings (SSSR count). The second-order valence-corrected chi connectivity index (χ2v) is 7.58. The van der Waals surface area contributed by atoms with Gasteiger partial charge in [0.25, 0.3) is 5.91 Å².